The summed E-state index contributed by atoms with van der Waals surface area (Å²) in [5.41, 5.74) is 0. The average Bonchev–Trinajstić information content (AvgIpc) is 3.86. The molecule has 8 nitrogen and oxygen atoms in total. The molecule has 7 fully saturated rings. The van der Waals surface area contributed by atoms with E-state index in [0.29, 0.717) is 12.1 Å². The Bertz CT molecular complexity index is 946. The van der Waals surface area contributed by atoms with Gasteiger partial charge in [-0.05, 0) is 76.3 Å². The lowest BCUT2D eigenvalue weighted by Crippen LogP contribution is -2.97. The Morgan fingerprint density at radius 1 is 0.558 bits per heavy atom. The number of hydrogen-bond donors (Lipinski definition) is 0. The molecule has 2 aliphatic carbocycles. The quantitative estimate of drug-likeness (QED) is 0.424. The number of hydrazine groups is 1. The van der Waals surface area contributed by atoms with Gasteiger partial charge in [0.2, 0.25) is 5.79 Å². The number of piperidine rings is 1. The molecule has 3 unspecified atom stereocenters. The molecule has 8 rings (SSSR count). The maximum atomic E-state index is 6.17. The largest absolute Gasteiger partial charge is 0.379 e. The van der Waals surface area contributed by atoms with Crippen molar-refractivity contribution < 1.29 is 4.74 Å². The molecule has 0 aromatic rings. The minimum atomic E-state index is -0.216. The number of nitrogens with zero attached hydrogens (tertiary/aromatic N) is 7. The highest BCUT2D eigenvalue weighted by atomic mass is 16.5. The van der Waals surface area contributed by atoms with Crippen LogP contribution in [0.5, 0.6) is 0 Å². The van der Waals surface area contributed by atoms with E-state index >= 15 is 0 Å². The first-order valence-corrected chi connectivity index (χ1v) is 18.9. The van der Waals surface area contributed by atoms with Crippen LogP contribution in [0.3, 0.4) is 0 Å². The van der Waals surface area contributed by atoms with E-state index in [1.165, 1.54) is 149 Å². The Morgan fingerprint density at radius 2 is 1.16 bits per heavy atom. The molecule has 0 N–H and O–H groups in total. The van der Waals surface area contributed by atoms with Gasteiger partial charge in [-0.25, -0.2) is 10.0 Å². The Kier molecular flexibility index (Phi) is 8.83. The second-order valence-electron chi connectivity index (χ2n) is 15.2. The highest BCUT2D eigenvalue weighted by Gasteiger charge is 2.75. The van der Waals surface area contributed by atoms with Gasteiger partial charge in [0, 0.05) is 77.5 Å². The molecule has 242 valence electrons. The van der Waals surface area contributed by atoms with E-state index in [1.807, 2.05) is 0 Å². The van der Waals surface area contributed by atoms with Crippen molar-refractivity contribution in [1.29, 1.82) is 0 Å². The van der Waals surface area contributed by atoms with Crippen molar-refractivity contribution in [3.8, 4) is 0 Å². The molecular formula is C35H61N7O. The minimum Gasteiger partial charge on any atom is -0.379 e. The minimum absolute atomic E-state index is 0.190. The van der Waals surface area contributed by atoms with Gasteiger partial charge in [0.05, 0.1) is 13.2 Å². The molecule has 43 heavy (non-hydrogen) atoms. The third-order valence-electron chi connectivity index (χ3n) is 13.0. The summed E-state index contributed by atoms with van der Waals surface area (Å²) < 4.78 is 6.17. The third kappa shape index (κ3) is 4.79. The van der Waals surface area contributed by atoms with Crippen LogP contribution >= 0.6 is 0 Å². The van der Waals surface area contributed by atoms with Crippen molar-refractivity contribution in [2.24, 2.45) is 5.92 Å². The SMILES string of the molecule is C1=CN(C2(N3CCC3)N(C3CCCCC3)C(C3CCCC3)CN(N3CCCCC3)C2(N2CCCC2)N2CCOCC2)CC1. The van der Waals surface area contributed by atoms with Crippen LogP contribution in [-0.4, -0.2) is 137 Å². The van der Waals surface area contributed by atoms with Crippen LogP contribution in [0.2, 0.25) is 0 Å². The second-order valence-corrected chi connectivity index (χ2v) is 15.2. The van der Waals surface area contributed by atoms with Crippen molar-refractivity contribution in [1.82, 2.24) is 34.5 Å². The predicted molar refractivity (Wildman–Crippen MR) is 172 cm³/mol. The van der Waals surface area contributed by atoms with Crippen molar-refractivity contribution >= 4 is 0 Å². The highest BCUT2D eigenvalue weighted by molar-refractivity contribution is 5.21. The fourth-order valence-electron chi connectivity index (χ4n) is 11.1. The number of likely N-dealkylation sites (tertiary alicyclic amines) is 2. The van der Waals surface area contributed by atoms with Crippen LogP contribution in [0.25, 0.3) is 0 Å². The van der Waals surface area contributed by atoms with E-state index in [0.717, 1.165) is 38.8 Å². The molecule has 0 spiro atoms. The smallest absolute Gasteiger partial charge is 0.200 e. The maximum Gasteiger partial charge on any atom is 0.200 e. The molecule has 8 aliphatic rings. The molecule has 0 aromatic heterocycles. The van der Waals surface area contributed by atoms with Gasteiger partial charge in [-0.1, -0.05) is 44.6 Å². The molecule has 0 amide bonds. The van der Waals surface area contributed by atoms with Gasteiger partial charge in [-0.2, -0.15) is 0 Å². The summed E-state index contributed by atoms with van der Waals surface area (Å²) in [6, 6.07) is 1.30. The third-order valence-corrected chi connectivity index (χ3v) is 13.0. The van der Waals surface area contributed by atoms with Crippen LogP contribution in [0, 0.1) is 5.92 Å². The van der Waals surface area contributed by atoms with Gasteiger partial charge < -0.3 is 9.64 Å². The number of morpholine rings is 1. The van der Waals surface area contributed by atoms with Gasteiger partial charge in [0.25, 0.3) is 0 Å². The molecule has 5 saturated heterocycles. The monoisotopic (exact) mass is 595 g/mol. The Balaban J connectivity index is 1.40. The second kappa shape index (κ2) is 12.8. The van der Waals surface area contributed by atoms with E-state index in [-0.39, 0.29) is 11.6 Å². The molecule has 2 saturated carbocycles. The zero-order chi connectivity index (χ0) is 28.7. The molecule has 8 heteroatoms. The molecule has 0 aromatic carbocycles. The first kappa shape index (κ1) is 29.6. The Hall–Kier alpha value is -0.740. The van der Waals surface area contributed by atoms with Gasteiger partial charge in [0.15, 0.2) is 5.79 Å². The molecular weight excluding hydrogens is 534 g/mol. The summed E-state index contributed by atoms with van der Waals surface area (Å²) in [6.07, 6.45) is 27.1. The summed E-state index contributed by atoms with van der Waals surface area (Å²) >= 11 is 0. The lowest BCUT2D eigenvalue weighted by molar-refractivity contribution is -0.415. The van der Waals surface area contributed by atoms with E-state index in [4.69, 9.17) is 4.74 Å². The van der Waals surface area contributed by atoms with Crippen molar-refractivity contribution in [3.05, 3.63) is 12.3 Å². The Labute approximate surface area is 262 Å². The van der Waals surface area contributed by atoms with Crippen LogP contribution < -0.4 is 0 Å². The number of rotatable bonds is 7. The van der Waals surface area contributed by atoms with E-state index < -0.39 is 0 Å². The van der Waals surface area contributed by atoms with Gasteiger partial charge in [-0.3, -0.25) is 19.6 Å². The van der Waals surface area contributed by atoms with E-state index in [1.54, 1.807) is 0 Å². The number of hydrogen-bond acceptors (Lipinski definition) is 8. The van der Waals surface area contributed by atoms with E-state index in [9.17, 15) is 0 Å². The molecule has 3 atom stereocenters. The molecule has 0 radical (unpaired) electrons. The van der Waals surface area contributed by atoms with Crippen LogP contribution in [0.15, 0.2) is 12.3 Å². The summed E-state index contributed by atoms with van der Waals surface area (Å²) in [5, 5.41) is 6.03. The van der Waals surface area contributed by atoms with Crippen LogP contribution in [0.4, 0.5) is 0 Å². The maximum absolute atomic E-state index is 6.17. The number of piperazine rings is 1. The summed E-state index contributed by atoms with van der Waals surface area (Å²) in [7, 11) is 0. The van der Waals surface area contributed by atoms with Gasteiger partial charge in [-0.15, -0.1) is 0 Å². The normalized spacial score (nSPS) is 39.3. The topological polar surface area (TPSA) is 31.9 Å². The first-order chi connectivity index (χ1) is 21.3. The lowest BCUT2D eigenvalue weighted by atomic mass is 9.80. The molecule has 6 heterocycles. The molecule has 0 bridgehead atoms. The van der Waals surface area contributed by atoms with Crippen LogP contribution in [0.1, 0.15) is 103 Å². The summed E-state index contributed by atoms with van der Waals surface area (Å²) in [5.74, 6) is 0.416. The summed E-state index contributed by atoms with van der Waals surface area (Å²) in [6.45, 7) is 13.6. The lowest BCUT2D eigenvalue weighted by Gasteiger charge is -2.78. The van der Waals surface area contributed by atoms with Gasteiger partial charge in [0.1, 0.15) is 0 Å². The average molecular weight is 596 g/mol. The standard InChI is InChI=1S/C35H61N7O/c1-3-16-32(17-4-1)42-33(31-14-5-6-15-31)30-41(40-24-7-2-8-25-40)34(36-18-9-10-19-36,39-26-28-43-29-27-39)35(42,38-22-13-23-38)37-20-11-12-21-37/h11,20,31-33H,1-10,12-19,21-30H2. The van der Waals surface area contributed by atoms with Crippen molar-refractivity contribution in [2.45, 2.75) is 126 Å². The zero-order valence-corrected chi connectivity index (χ0v) is 27.2. The molecule has 6 aliphatic heterocycles. The predicted octanol–water partition coefficient (Wildman–Crippen LogP) is 4.56. The number of ether oxygens (including phenoxy) is 1. The summed E-state index contributed by atoms with van der Waals surface area (Å²) in [4.78, 5) is 15.4. The van der Waals surface area contributed by atoms with Crippen LogP contribution in [-0.2, 0) is 4.74 Å². The van der Waals surface area contributed by atoms with Gasteiger partial charge >= 0.3 is 0 Å². The van der Waals surface area contributed by atoms with E-state index in [2.05, 4.69) is 46.8 Å². The van der Waals surface area contributed by atoms with Crippen molar-refractivity contribution in [3.63, 3.8) is 0 Å². The van der Waals surface area contributed by atoms with Crippen molar-refractivity contribution in [2.75, 3.05) is 78.7 Å². The first-order valence-electron chi connectivity index (χ1n) is 18.9. The fraction of sp³-hybridized carbons (Fsp3) is 0.943. The highest BCUT2D eigenvalue weighted by Crippen LogP contribution is 2.56. The zero-order valence-electron chi connectivity index (χ0n) is 27.2. The Morgan fingerprint density at radius 3 is 1.81 bits per heavy atom. The fourth-order valence-corrected chi connectivity index (χ4v) is 11.1.